The summed E-state index contributed by atoms with van der Waals surface area (Å²) in [5.41, 5.74) is -2.27. The largest absolute Gasteiger partial charge is 0.454 e. The van der Waals surface area contributed by atoms with Crippen LogP contribution in [0.1, 0.15) is 0 Å². The molecule has 1 unspecified atom stereocenters. The molecule has 3 N–H and O–H groups in total. The van der Waals surface area contributed by atoms with Crippen molar-refractivity contribution < 1.29 is 53.4 Å². The maximum Gasteiger partial charge on any atom is 0.377 e. The molecule has 1 atom stereocenters. The highest BCUT2D eigenvalue weighted by molar-refractivity contribution is 5.92. The number of carbonyl (C=O) groups is 4. The van der Waals surface area contributed by atoms with Crippen molar-refractivity contribution in [2.24, 2.45) is 5.41 Å². The molecule has 0 aliphatic carbocycles. The van der Waals surface area contributed by atoms with Gasteiger partial charge in [-0.05, 0) is 6.58 Å². The molecule has 0 amide bonds. The minimum atomic E-state index is -2.78. The van der Waals surface area contributed by atoms with E-state index < -0.39 is 67.3 Å². The van der Waals surface area contributed by atoms with Crippen molar-refractivity contribution in [3.05, 3.63) is 50.3 Å². The fourth-order valence-electron chi connectivity index (χ4n) is 1.80. The molecule has 0 radical (unpaired) electrons. The summed E-state index contributed by atoms with van der Waals surface area (Å²) in [6.45, 7) is 8.18. The molecule has 0 aromatic heterocycles. The summed E-state index contributed by atoms with van der Waals surface area (Å²) < 4.78 is 19.3. The molecule has 0 rings (SSSR count). The van der Waals surface area contributed by atoms with Gasteiger partial charge in [-0.25, -0.2) is 19.2 Å². The Balaban J connectivity index is 6.30. The number of esters is 4. The van der Waals surface area contributed by atoms with Crippen LogP contribution in [-0.2, 0) is 38.1 Å². The fourth-order valence-corrected chi connectivity index (χ4v) is 1.80. The summed E-state index contributed by atoms with van der Waals surface area (Å²) in [6, 6.07) is 0. The molecule has 0 heterocycles. The van der Waals surface area contributed by atoms with Gasteiger partial charge in [-0.3, -0.25) is 0 Å². The molecule has 160 valence electrons. The van der Waals surface area contributed by atoms with E-state index in [0.717, 1.165) is 12.2 Å². The van der Waals surface area contributed by atoms with Crippen molar-refractivity contribution in [2.75, 3.05) is 26.4 Å². The maximum absolute atomic E-state index is 12.3. The third kappa shape index (κ3) is 6.38. The zero-order valence-electron chi connectivity index (χ0n) is 15.5. The summed E-state index contributed by atoms with van der Waals surface area (Å²) in [7, 11) is 0. The molecular formula is C18H22O11. The van der Waals surface area contributed by atoms with Crippen LogP contribution in [0.4, 0.5) is 0 Å². The minimum absolute atomic E-state index is 0.640. The van der Waals surface area contributed by atoms with Gasteiger partial charge in [-0.15, -0.1) is 0 Å². The predicted molar refractivity (Wildman–Crippen MR) is 95.4 cm³/mol. The van der Waals surface area contributed by atoms with Crippen LogP contribution in [-0.4, -0.2) is 71.4 Å². The average Bonchev–Trinajstić information content (AvgIpc) is 2.72. The Morgan fingerprint density at radius 1 is 0.793 bits per heavy atom. The monoisotopic (exact) mass is 414 g/mol. The first-order chi connectivity index (χ1) is 13.6. The SMILES string of the molecule is C=CC(=O)OCC(OC(=O)C=C)(OC(=O)C(=C)OC(=O)C=C)C(CO)(CO)CO. The van der Waals surface area contributed by atoms with Crippen molar-refractivity contribution in [1.82, 2.24) is 0 Å². The summed E-state index contributed by atoms with van der Waals surface area (Å²) in [5, 5.41) is 29.2. The lowest BCUT2D eigenvalue weighted by atomic mass is 9.81. The van der Waals surface area contributed by atoms with Gasteiger partial charge in [0.1, 0.15) is 5.41 Å². The summed E-state index contributed by atoms with van der Waals surface area (Å²) in [4.78, 5) is 46.9. The highest BCUT2D eigenvalue weighted by Crippen LogP contribution is 2.37. The van der Waals surface area contributed by atoms with Crippen molar-refractivity contribution in [1.29, 1.82) is 0 Å². The molecule has 0 fully saturated rings. The van der Waals surface area contributed by atoms with E-state index in [1.54, 1.807) is 0 Å². The van der Waals surface area contributed by atoms with Crippen molar-refractivity contribution in [3.8, 4) is 0 Å². The Bertz CT molecular complexity index is 682. The standard InChI is InChI=1S/C18H22O11/c1-5-13(22)26-11-18(28-15(24)7-3,17(8-19,9-20)10-21)29-16(25)12(4)27-14(23)6-2/h5-7,19-21H,1-4,8-11H2. The third-order valence-electron chi connectivity index (χ3n) is 3.59. The quantitative estimate of drug-likeness (QED) is 0.110. The van der Waals surface area contributed by atoms with Crippen LogP contribution in [0, 0.1) is 5.41 Å². The average molecular weight is 414 g/mol. The maximum atomic E-state index is 12.3. The van der Waals surface area contributed by atoms with Gasteiger partial charge in [0.15, 0.2) is 6.61 Å². The topological polar surface area (TPSA) is 166 Å². The van der Waals surface area contributed by atoms with E-state index in [-0.39, 0.29) is 0 Å². The van der Waals surface area contributed by atoms with Crippen LogP contribution in [0.15, 0.2) is 50.3 Å². The van der Waals surface area contributed by atoms with E-state index in [1.165, 1.54) is 0 Å². The number of aliphatic hydroxyl groups is 3. The van der Waals surface area contributed by atoms with Gasteiger partial charge in [-0.1, -0.05) is 19.7 Å². The van der Waals surface area contributed by atoms with Crippen molar-refractivity contribution >= 4 is 23.9 Å². The van der Waals surface area contributed by atoms with Gasteiger partial charge in [0.2, 0.25) is 5.76 Å². The summed E-state index contributed by atoms with van der Waals surface area (Å²) in [6.07, 6.45) is 2.08. The lowest BCUT2D eigenvalue weighted by Crippen LogP contribution is -2.63. The molecular weight excluding hydrogens is 392 g/mol. The molecule has 0 aromatic rings. The van der Waals surface area contributed by atoms with E-state index in [9.17, 15) is 34.5 Å². The molecule has 0 spiro atoms. The van der Waals surface area contributed by atoms with Gasteiger partial charge in [0, 0.05) is 18.2 Å². The molecule has 0 aromatic carbocycles. The van der Waals surface area contributed by atoms with E-state index in [0.29, 0.717) is 6.08 Å². The van der Waals surface area contributed by atoms with E-state index in [2.05, 4.69) is 31.1 Å². The van der Waals surface area contributed by atoms with E-state index in [4.69, 9.17) is 14.2 Å². The number of carbonyl (C=O) groups excluding carboxylic acids is 4. The lowest BCUT2D eigenvalue weighted by Gasteiger charge is -2.44. The van der Waals surface area contributed by atoms with Gasteiger partial charge in [0.25, 0.3) is 0 Å². The van der Waals surface area contributed by atoms with Crippen molar-refractivity contribution in [2.45, 2.75) is 5.79 Å². The Hall–Kier alpha value is -3.28. The number of rotatable bonds is 13. The normalized spacial score (nSPS) is 12.5. The zero-order valence-corrected chi connectivity index (χ0v) is 15.5. The predicted octanol–water partition coefficient (Wildman–Crippen LogP) is -1.11. The van der Waals surface area contributed by atoms with Crippen molar-refractivity contribution in [3.63, 3.8) is 0 Å². The second-order valence-electron chi connectivity index (χ2n) is 5.38. The minimum Gasteiger partial charge on any atom is -0.454 e. The Morgan fingerprint density at radius 2 is 1.28 bits per heavy atom. The van der Waals surface area contributed by atoms with Crippen LogP contribution in [0.25, 0.3) is 0 Å². The van der Waals surface area contributed by atoms with Crippen LogP contribution in [0.2, 0.25) is 0 Å². The van der Waals surface area contributed by atoms with Gasteiger partial charge >= 0.3 is 29.7 Å². The Labute approximate surface area is 166 Å². The fraction of sp³-hybridized carbons (Fsp3) is 0.333. The molecule has 0 aliphatic rings. The number of hydrogen-bond acceptors (Lipinski definition) is 11. The molecule has 29 heavy (non-hydrogen) atoms. The first-order valence-electron chi connectivity index (χ1n) is 7.84. The molecule has 0 saturated carbocycles. The van der Waals surface area contributed by atoms with Gasteiger partial charge < -0.3 is 34.3 Å². The van der Waals surface area contributed by atoms with Crippen LogP contribution < -0.4 is 0 Å². The van der Waals surface area contributed by atoms with Crippen LogP contribution in [0.3, 0.4) is 0 Å². The molecule has 0 bridgehead atoms. The van der Waals surface area contributed by atoms with Crippen LogP contribution >= 0.6 is 0 Å². The Kier molecular flexibility index (Phi) is 10.2. The van der Waals surface area contributed by atoms with Gasteiger partial charge in [-0.2, -0.15) is 0 Å². The first-order valence-corrected chi connectivity index (χ1v) is 7.84. The molecule has 0 saturated heterocycles. The second-order valence-corrected chi connectivity index (χ2v) is 5.38. The van der Waals surface area contributed by atoms with Crippen LogP contribution in [0.5, 0.6) is 0 Å². The van der Waals surface area contributed by atoms with E-state index >= 15 is 0 Å². The lowest BCUT2D eigenvalue weighted by molar-refractivity contribution is -0.303. The Morgan fingerprint density at radius 3 is 1.69 bits per heavy atom. The molecule has 11 nitrogen and oxygen atoms in total. The first kappa shape index (κ1) is 25.7. The highest BCUT2D eigenvalue weighted by Gasteiger charge is 2.59. The molecule has 11 heteroatoms. The smallest absolute Gasteiger partial charge is 0.377 e. The third-order valence-corrected chi connectivity index (χ3v) is 3.59. The second kappa shape index (κ2) is 11.5. The summed E-state index contributed by atoms with van der Waals surface area (Å²) in [5.74, 6) is -8.55. The van der Waals surface area contributed by atoms with E-state index in [1.807, 2.05) is 0 Å². The number of hydrogen-bond donors (Lipinski definition) is 3. The number of aliphatic hydroxyl groups excluding tert-OH is 3. The summed E-state index contributed by atoms with van der Waals surface area (Å²) >= 11 is 0. The highest BCUT2D eigenvalue weighted by atomic mass is 16.8. The zero-order chi connectivity index (χ0) is 22.7. The van der Waals surface area contributed by atoms with Gasteiger partial charge in [0.05, 0.1) is 19.8 Å². The molecule has 0 aliphatic heterocycles. The number of ether oxygens (including phenoxy) is 4.